The van der Waals surface area contributed by atoms with Crippen molar-refractivity contribution in [1.82, 2.24) is 0 Å². The molecule has 76 valence electrons. The minimum Gasteiger partial charge on any atom is -0.388 e. The number of hydrogen-bond acceptors (Lipinski definition) is 1. The molecular weight excluding hydrogens is 176 g/mol. The second-order valence-corrected chi connectivity index (χ2v) is 9.82. The van der Waals surface area contributed by atoms with Gasteiger partial charge in [-0.15, -0.1) is 5.73 Å². The van der Waals surface area contributed by atoms with Crippen molar-refractivity contribution in [1.29, 1.82) is 0 Å². The lowest BCUT2D eigenvalue weighted by Crippen LogP contribution is -2.34. The fraction of sp³-hybridized carbons (Fsp3) is 0.727. The zero-order valence-corrected chi connectivity index (χ0v) is 10.7. The molecule has 0 radical (unpaired) electrons. The Kier molecular flexibility index (Phi) is 4.69. The van der Waals surface area contributed by atoms with E-state index in [1.807, 2.05) is 26.8 Å². The molecule has 0 rings (SSSR count). The normalized spacial score (nSPS) is 13.8. The molecular formula is C11H22OSi. The van der Waals surface area contributed by atoms with Gasteiger partial charge in [-0.25, -0.2) is 0 Å². The lowest BCUT2D eigenvalue weighted by molar-refractivity contribution is 0.166. The molecule has 0 heterocycles. The summed E-state index contributed by atoms with van der Waals surface area (Å²) in [7, 11) is -1.41. The van der Waals surface area contributed by atoms with Gasteiger partial charge in [-0.05, 0) is 24.1 Å². The minimum absolute atomic E-state index is 0.286. The van der Waals surface area contributed by atoms with Gasteiger partial charge >= 0.3 is 0 Å². The van der Waals surface area contributed by atoms with Crippen molar-refractivity contribution in [2.75, 3.05) is 0 Å². The molecule has 0 saturated carbocycles. The number of aliphatic hydroxyl groups excluding tert-OH is 1. The maximum Gasteiger partial charge on any atom is 0.0857 e. The van der Waals surface area contributed by atoms with Crippen molar-refractivity contribution < 1.29 is 5.11 Å². The minimum atomic E-state index is -1.41. The van der Waals surface area contributed by atoms with Gasteiger partial charge in [0.1, 0.15) is 0 Å². The molecule has 1 unspecified atom stereocenters. The van der Waals surface area contributed by atoms with E-state index in [2.05, 4.69) is 25.4 Å². The van der Waals surface area contributed by atoms with Crippen LogP contribution in [-0.2, 0) is 0 Å². The highest BCUT2D eigenvalue weighted by molar-refractivity contribution is 6.83. The molecule has 2 heteroatoms. The predicted molar refractivity (Wildman–Crippen MR) is 61.5 cm³/mol. The summed E-state index contributed by atoms with van der Waals surface area (Å²) in [6.07, 6.45) is 1.59. The Hall–Kier alpha value is -0.303. The van der Waals surface area contributed by atoms with Crippen LogP contribution in [0.1, 0.15) is 20.8 Å². The number of hydrogen-bond donors (Lipinski definition) is 1. The van der Waals surface area contributed by atoms with Crippen LogP contribution < -0.4 is 0 Å². The molecule has 0 amide bonds. The Morgan fingerprint density at radius 3 is 2.00 bits per heavy atom. The van der Waals surface area contributed by atoms with Crippen LogP contribution in [0.25, 0.3) is 0 Å². The first kappa shape index (κ1) is 12.7. The Labute approximate surface area is 83.2 Å². The zero-order chi connectivity index (χ0) is 10.6. The highest BCUT2D eigenvalue weighted by Crippen LogP contribution is 2.21. The molecule has 0 bridgehead atoms. The van der Waals surface area contributed by atoms with Crippen molar-refractivity contribution in [2.45, 2.75) is 46.5 Å². The first-order valence-corrected chi connectivity index (χ1v) is 8.40. The van der Waals surface area contributed by atoms with E-state index in [0.29, 0.717) is 0 Å². The third-order valence-electron chi connectivity index (χ3n) is 2.04. The zero-order valence-electron chi connectivity index (χ0n) is 9.68. The highest BCUT2D eigenvalue weighted by Gasteiger charge is 2.27. The van der Waals surface area contributed by atoms with E-state index in [1.165, 1.54) is 0 Å². The molecule has 0 saturated heterocycles. The van der Waals surface area contributed by atoms with Crippen LogP contribution in [0.4, 0.5) is 0 Å². The van der Waals surface area contributed by atoms with Crippen LogP contribution in [0.15, 0.2) is 17.0 Å². The summed E-state index contributed by atoms with van der Waals surface area (Å²) < 4.78 is 0. The van der Waals surface area contributed by atoms with Crippen LogP contribution in [-0.4, -0.2) is 19.3 Å². The van der Waals surface area contributed by atoms with E-state index >= 15 is 0 Å². The van der Waals surface area contributed by atoms with E-state index in [-0.39, 0.29) is 12.0 Å². The lowest BCUT2D eigenvalue weighted by atomic mass is 10.1. The molecule has 1 N–H and O–H groups in total. The molecule has 0 aromatic carbocycles. The molecule has 1 atom stereocenters. The summed E-state index contributed by atoms with van der Waals surface area (Å²) in [6.45, 7) is 12.8. The van der Waals surface area contributed by atoms with Gasteiger partial charge in [-0.2, -0.15) is 0 Å². The SMILES string of the molecule is CC=C=C(C(O)C(C)C)[Si](C)(C)C. The second-order valence-electron chi connectivity index (χ2n) is 4.79. The Morgan fingerprint density at radius 1 is 1.31 bits per heavy atom. The smallest absolute Gasteiger partial charge is 0.0857 e. The largest absolute Gasteiger partial charge is 0.388 e. The van der Waals surface area contributed by atoms with E-state index < -0.39 is 8.07 Å². The van der Waals surface area contributed by atoms with Gasteiger partial charge in [-0.1, -0.05) is 33.5 Å². The summed E-state index contributed by atoms with van der Waals surface area (Å²) >= 11 is 0. The first-order chi connectivity index (χ1) is 5.80. The summed E-state index contributed by atoms with van der Waals surface area (Å²) in [6, 6.07) is 0. The van der Waals surface area contributed by atoms with Crippen LogP contribution in [0.3, 0.4) is 0 Å². The fourth-order valence-electron chi connectivity index (χ4n) is 1.23. The summed E-state index contributed by atoms with van der Waals surface area (Å²) in [5, 5.41) is 11.1. The predicted octanol–water partition coefficient (Wildman–Crippen LogP) is 2.98. The average molecular weight is 198 g/mol. The van der Waals surface area contributed by atoms with Crippen molar-refractivity contribution in [3.8, 4) is 0 Å². The topological polar surface area (TPSA) is 20.2 Å². The average Bonchev–Trinajstić information content (AvgIpc) is 1.96. The van der Waals surface area contributed by atoms with Crippen molar-refractivity contribution in [3.05, 3.63) is 17.0 Å². The monoisotopic (exact) mass is 198 g/mol. The number of aliphatic hydroxyl groups is 1. The van der Waals surface area contributed by atoms with Gasteiger partial charge in [0.15, 0.2) is 0 Å². The lowest BCUT2D eigenvalue weighted by Gasteiger charge is -2.26. The molecule has 0 fully saturated rings. The van der Waals surface area contributed by atoms with Gasteiger partial charge in [0.2, 0.25) is 0 Å². The highest BCUT2D eigenvalue weighted by atomic mass is 28.3. The molecule has 0 aromatic heterocycles. The molecule has 0 aliphatic rings. The Bertz CT molecular complexity index is 217. The van der Waals surface area contributed by atoms with E-state index in [1.54, 1.807) is 0 Å². The maximum absolute atomic E-state index is 9.97. The molecule has 1 nitrogen and oxygen atoms in total. The number of rotatable bonds is 3. The van der Waals surface area contributed by atoms with Gasteiger partial charge in [0.25, 0.3) is 0 Å². The molecule has 0 aliphatic carbocycles. The van der Waals surface area contributed by atoms with Gasteiger partial charge in [-0.3, -0.25) is 0 Å². The molecule has 0 aromatic rings. The standard InChI is InChI=1S/C11H22OSi/c1-7-8-10(13(4,5)6)11(12)9(2)3/h7,9,11-12H,1-6H3. The second kappa shape index (κ2) is 4.80. The van der Waals surface area contributed by atoms with Crippen LogP contribution in [0, 0.1) is 5.92 Å². The van der Waals surface area contributed by atoms with Gasteiger partial charge in [0, 0.05) is 0 Å². The maximum atomic E-state index is 9.97. The quantitative estimate of drug-likeness (QED) is 0.546. The summed E-state index contributed by atoms with van der Waals surface area (Å²) in [5.74, 6) is 0.286. The fourth-order valence-corrected chi connectivity index (χ4v) is 3.03. The molecule has 0 spiro atoms. The van der Waals surface area contributed by atoms with Gasteiger partial charge < -0.3 is 5.11 Å². The first-order valence-electron chi connectivity index (χ1n) is 4.90. The van der Waals surface area contributed by atoms with E-state index in [9.17, 15) is 5.11 Å². The van der Waals surface area contributed by atoms with Gasteiger partial charge in [0.05, 0.1) is 14.2 Å². The van der Waals surface area contributed by atoms with Crippen molar-refractivity contribution in [2.24, 2.45) is 5.92 Å². The van der Waals surface area contributed by atoms with Crippen LogP contribution in [0.5, 0.6) is 0 Å². The van der Waals surface area contributed by atoms with Crippen molar-refractivity contribution >= 4 is 8.07 Å². The van der Waals surface area contributed by atoms with Crippen LogP contribution >= 0.6 is 0 Å². The Balaban J connectivity index is 4.97. The van der Waals surface area contributed by atoms with E-state index in [0.717, 1.165) is 5.20 Å². The van der Waals surface area contributed by atoms with Crippen LogP contribution in [0.2, 0.25) is 19.6 Å². The third kappa shape index (κ3) is 3.95. The summed E-state index contributed by atoms with van der Waals surface area (Å²) in [5.41, 5.74) is 3.21. The Morgan fingerprint density at radius 2 is 1.77 bits per heavy atom. The molecule has 0 aliphatic heterocycles. The van der Waals surface area contributed by atoms with Crippen molar-refractivity contribution in [3.63, 3.8) is 0 Å². The summed E-state index contributed by atoms with van der Waals surface area (Å²) in [4.78, 5) is 0. The molecule has 13 heavy (non-hydrogen) atoms. The third-order valence-corrected chi connectivity index (χ3v) is 4.09. The van der Waals surface area contributed by atoms with E-state index in [4.69, 9.17) is 0 Å².